The molecule has 1 aromatic heterocycles. The van der Waals surface area contributed by atoms with E-state index >= 15 is 0 Å². The maximum absolute atomic E-state index is 5.54. The number of ether oxygens (including phenoxy) is 2. The summed E-state index contributed by atoms with van der Waals surface area (Å²) in [4.78, 5) is 8.28. The Balaban J connectivity index is 1.84. The number of nitrogens with zero attached hydrogens (tertiary/aromatic N) is 2. The third kappa shape index (κ3) is 4.14. The maximum Gasteiger partial charge on any atom is 0.218 e. The standard InChI is InChI=1S/C13H21N3O2/c1-10(2)18-13-7-12(15-9-16-13)14-8-11-3-5-17-6-4-11/h7,9-11H,3-6,8H2,1-2H3,(H,14,15,16). The summed E-state index contributed by atoms with van der Waals surface area (Å²) in [7, 11) is 0. The Bertz CT molecular complexity index is 365. The maximum atomic E-state index is 5.54. The van der Waals surface area contributed by atoms with Gasteiger partial charge in [0.1, 0.15) is 12.1 Å². The summed E-state index contributed by atoms with van der Waals surface area (Å²) in [6.07, 6.45) is 3.90. The molecule has 1 saturated heterocycles. The van der Waals surface area contributed by atoms with Gasteiger partial charge in [-0.1, -0.05) is 0 Å². The highest BCUT2D eigenvalue weighted by Gasteiger charge is 2.13. The number of rotatable bonds is 5. The van der Waals surface area contributed by atoms with Gasteiger partial charge >= 0.3 is 0 Å². The van der Waals surface area contributed by atoms with Crippen LogP contribution in [0, 0.1) is 5.92 Å². The molecule has 1 fully saturated rings. The van der Waals surface area contributed by atoms with Gasteiger partial charge in [-0.2, -0.15) is 0 Å². The van der Waals surface area contributed by atoms with Crippen molar-refractivity contribution in [2.24, 2.45) is 5.92 Å². The van der Waals surface area contributed by atoms with Crippen LogP contribution >= 0.6 is 0 Å². The number of hydrogen-bond acceptors (Lipinski definition) is 5. The molecular weight excluding hydrogens is 230 g/mol. The fourth-order valence-electron chi connectivity index (χ4n) is 1.94. The lowest BCUT2D eigenvalue weighted by Gasteiger charge is -2.22. The second kappa shape index (κ2) is 6.54. The van der Waals surface area contributed by atoms with Gasteiger partial charge in [0.2, 0.25) is 5.88 Å². The molecule has 0 aliphatic carbocycles. The van der Waals surface area contributed by atoms with Gasteiger partial charge < -0.3 is 14.8 Å². The largest absolute Gasteiger partial charge is 0.475 e. The molecule has 18 heavy (non-hydrogen) atoms. The van der Waals surface area contributed by atoms with E-state index in [1.807, 2.05) is 19.9 Å². The molecule has 5 nitrogen and oxygen atoms in total. The van der Waals surface area contributed by atoms with E-state index in [1.54, 1.807) is 0 Å². The molecule has 0 spiro atoms. The molecule has 0 atom stereocenters. The van der Waals surface area contributed by atoms with Crippen LogP contribution in [0.15, 0.2) is 12.4 Å². The first-order valence-electron chi connectivity index (χ1n) is 6.54. The summed E-state index contributed by atoms with van der Waals surface area (Å²) < 4.78 is 10.9. The number of anilines is 1. The van der Waals surface area contributed by atoms with Crippen molar-refractivity contribution in [1.29, 1.82) is 0 Å². The minimum Gasteiger partial charge on any atom is -0.475 e. The molecular formula is C13H21N3O2. The van der Waals surface area contributed by atoms with E-state index in [-0.39, 0.29) is 6.10 Å². The summed E-state index contributed by atoms with van der Waals surface area (Å²) >= 11 is 0. The van der Waals surface area contributed by atoms with Crippen LogP contribution in [-0.4, -0.2) is 35.8 Å². The van der Waals surface area contributed by atoms with Gasteiger partial charge in [0, 0.05) is 25.8 Å². The smallest absolute Gasteiger partial charge is 0.218 e. The molecule has 100 valence electrons. The molecule has 1 N–H and O–H groups in total. The zero-order chi connectivity index (χ0) is 12.8. The predicted octanol–water partition coefficient (Wildman–Crippen LogP) is 2.10. The molecule has 0 aromatic carbocycles. The van der Waals surface area contributed by atoms with Crippen molar-refractivity contribution >= 4 is 5.82 Å². The first kappa shape index (κ1) is 13.1. The number of hydrogen-bond donors (Lipinski definition) is 1. The van der Waals surface area contributed by atoms with E-state index in [2.05, 4.69) is 15.3 Å². The zero-order valence-corrected chi connectivity index (χ0v) is 11.1. The highest BCUT2D eigenvalue weighted by atomic mass is 16.5. The van der Waals surface area contributed by atoms with Crippen LogP contribution in [0.2, 0.25) is 0 Å². The minimum absolute atomic E-state index is 0.128. The third-order valence-electron chi connectivity index (χ3n) is 2.91. The van der Waals surface area contributed by atoms with Crippen LogP contribution in [0.5, 0.6) is 5.88 Å². The third-order valence-corrected chi connectivity index (χ3v) is 2.91. The second-order valence-corrected chi connectivity index (χ2v) is 4.84. The normalized spacial score (nSPS) is 16.8. The van der Waals surface area contributed by atoms with Crippen molar-refractivity contribution in [3.05, 3.63) is 12.4 Å². The Hall–Kier alpha value is -1.36. The second-order valence-electron chi connectivity index (χ2n) is 4.84. The highest BCUT2D eigenvalue weighted by molar-refractivity contribution is 5.37. The lowest BCUT2D eigenvalue weighted by atomic mass is 10.0. The fourth-order valence-corrected chi connectivity index (χ4v) is 1.94. The van der Waals surface area contributed by atoms with E-state index in [0.29, 0.717) is 11.8 Å². The van der Waals surface area contributed by atoms with Gasteiger partial charge in [-0.15, -0.1) is 0 Å². The summed E-state index contributed by atoms with van der Waals surface area (Å²) in [5.74, 6) is 2.12. The molecule has 2 heterocycles. The van der Waals surface area contributed by atoms with E-state index in [0.717, 1.165) is 38.4 Å². The Kier molecular flexibility index (Phi) is 4.75. The van der Waals surface area contributed by atoms with Crippen LogP contribution in [0.25, 0.3) is 0 Å². The Morgan fingerprint density at radius 3 is 2.89 bits per heavy atom. The molecule has 1 aromatic rings. The summed E-state index contributed by atoms with van der Waals surface area (Å²) in [5.41, 5.74) is 0. The Morgan fingerprint density at radius 2 is 2.17 bits per heavy atom. The zero-order valence-electron chi connectivity index (χ0n) is 11.1. The first-order valence-corrected chi connectivity index (χ1v) is 6.54. The van der Waals surface area contributed by atoms with Gasteiger partial charge in [-0.3, -0.25) is 0 Å². The molecule has 0 unspecified atom stereocenters. The van der Waals surface area contributed by atoms with Crippen LogP contribution in [0.3, 0.4) is 0 Å². The molecule has 0 radical (unpaired) electrons. The van der Waals surface area contributed by atoms with Crippen molar-refractivity contribution < 1.29 is 9.47 Å². The van der Waals surface area contributed by atoms with Crippen molar-refractivity contribution in [3.8, 4) is 5.88 Å². The van der Waals surface area contributed by atoms with E-state index in [1.165, 1.54) is 6.33 Å². The molecule has 0 amide bonds. The SMILES string of the molecule is CC(C)Oc1cc(NCC2CCOCC2)ncn1. The van der Waals surface area contributed by atoms with Crippen LogP contribution in [-0.2, 0) is 4.74 Å². The van der Waals surface area contributed by atoms with Crippen molar-refractivity contribution in [2.45, 2.75) is 32.8 Å². The summed E-state index contributed by atoms with van der Waals surface area (Å²) in [5, 5.41) is 3.34. The fraction of sp³-hybridized carbons (Fsp3) is 0.692. The predicted molar refractivity (Wildman–Crippen MR) is 69.8 cm³/mol. The minimum atomic E-state index is 0.128. The van der Waals surface area contributed by atoms with Gasteiger partial charge in [0.05, 0.1) is 6.10 Å². The number of nitrogens with one attached hydrogen (secondary N) is 1. The van der Waals surface area contributed by atoms with Crippen LogP contribution in [0.4, 0.5) is 5.82 Å². The number of aromatic nitrogens is 2. The molecule has 0 bridgehead atoms. The monoisotopic (exact) mass is 251 g/mol. The summed E-state index contributed by atoms with van der Waals surface area (Å²) in [6.45, 7) is 6.64. The van der Waals surface area contributed by atoms with Crippen LogP contribution in [0.1, 0.15) is 26.7 Å². The van der Waals surface area contributed by atoms with Crippen LogP contribution < -0.4 is 10.1 Å². The quantitative estimate of drug-likeness (QED) is 0.868. The van der Waals surface area contributed by atoms with Crippen molar-refractivity contribution in [2.75, 3.05) is 25.1 Å². The van der Waals surface area contributed by atoms with Gasteiger partial charge in [-0.25, -0.2) is 9.97 Å². The topological polar surface area (TPSA) is 56.3 Å². The molecule has 2 rings (SSSR count). The van der Waals surface area contributed by atoms with E-state index in [9.17, 15) is 0 Å². The lowest BCUT2D eigenvalue weighted by Crippen LogP contribution is -2.23. The van der Waals surface area contributed by atoms with E-state index < -0.39 is 0 Å². The lowest BCUT2D eigenvalue weighted by molar-refractivity contribution is 0.0699. The molecule has 0 saturated carbocycles. The Morgan fingerprint density at radius 1 is 1.39 bits per heavy atom. The molecule has 1 aliphatic rings. The average Bonchev–Trinajstić information content (AvgIpc) is 2.37. The highest BCUT2D eigenvalue weighted by Crippen LogP contribution is 2.17. The average molecular weight is 251 g/mol. The Labute approximate surface area is 108 Å². The van der Waals surface area contributed by atoms with E-state index in [4.69, 9.17) is 9.47 Å². The van der Waals surface area contributed by atoms with Crippen molar-refractivity contribution in [3.63, 3.8) is 0 Å². The van der Waals surface area contributed by atoms with Gasteiger partial charge in [0.25, 0.3) is 0 Å². The first-order chi connectivity index (χ1) is 8.74. The van der Waals surface area contributed by atoms with Gasteiger partial charge in [0.15, 0.2) is 0 Å². The molecule has 5 heteroatoms. The van der Waals surface area contributed by atoms with Crippen molar-refractivity contribution in [1.82, 2.24) is 9.97 Å². The molecule has 1 aliphatic heterocycles. The van der Waals surface area contributed by atoms with Gasteiger partial charge in [-0.05, 0) is 32.6 Å². The summed E-state index contributed by atoms with van der Waals surface area (Å²) in [6, 6.07) is 1.85.